The fraction of sp³-hybridized carbons (Fsp3) is 0.583. The highest BCUT2D eigenvalue weighted by atomic mass is 16.3. The Morgan fingerprint density at radius 2 is 2.31 bits per heavy atom. The number of pyridine rings is 1. The topological polar surface area (TPSA) is 62.4 Å². The van der Waals surface area contributed by atoms with Gasteiger partial charge in [0.15, 0.2) is 0 Å². The summed E-state index contributed by atoms with van der Waals surface area (Å²) in [7, 11) is 0. The first-order valence-corrected chi connectivity index (χ1v) is 5.81. The third kappa shape index (κ3) is 2.51. The van der Waals surface area contributed by atoms with E-state index in [-0.39, 0.29) is 12.6 Å². The van der Waals surface area contributed by atoms with E-state index in [1.807, 2.05) is 25.3 Å². The minimum absolute atomic E-state index is 0.0266. The second kappa shape index (κ2) is 4.80. The summed E-state index contributed by atoms with van der Waals surface area (Å²) in [6, 6.07) is 4.57. The van der Waals surface area contributed by atoms with Crippen molar-refractivity contribution in [3.05, 3.63) is 24.0 Å². The Labute approximate surface area is 96.1 Å². The molecule has 0 aromatic carbocycles. The molecule has 16 heavy (non-hydrogen) atoms. The molecule has 88 valence electrons. The number of nitrogens with zero attached hydrogens (tertiary/aromatic N) is 2. The predicted molar refractivity (Wildman–Crippen MR) is 64.3 cm³/mol. The molecule has 1 aromatic heterocycles. The smallest absolute Gasteiger partial charge is 0.0606 e. The van der Waals surface area contributed by atoms with Crippen molar-refractivity contribution in [2.75, 3.05) is 18.1 Å². The second-order valence-electron chi connectivity index (χ2n) is 4.38. The van der Waals surface area contributed by atoms with Crippen molar-refractivity contribution >= 4 is 5.69 Å². The lowest BCUT2D eigenvalue weighted by molar-refractivity contribution is 0.301. The zero-order chi connectivity index (χ0) is 11.5. The van der Waals surface area contributed by atoms with Gasteiger partial charge in [-0.05, 0) is 31.9 Å². The van der Waals surface area contributed by atoms with Gasteiger partial charge in [0, 0.05) is 18.6 Å². The van der Waals surface area contributed by atoms with Gasteiger partial charge < -0.3 is 15.7 Å². The summed E-state index contributed by atoms with van der Waals surface area (Å²) in [5, 5.41) is 9.04. The maximum absolute atomic E-state index is 9.04. The van der Waals surface area contributed by atoms with E-state index < -0.39 is 0 Å². The molecule has 1 saturated carbocycles. The number of nitrogens with two attached hydrogens (primary N) is 1. The molecule has 1 fully saturated rings. The Bertz CT molecular complexity index is 333. The highest BCUT2D eigenvalue weighted by molar-refractivity contribution is 5.47. The van der Waals surface area contributed by atoms with E-state index >= 15 is 0 Å². The Hall–Kier alpha value is -1.13. The zero-order valence-electron chi connectivity index (χ0n) is 9.63. The van der Waals surface area contributed by atoms with Crippen LogP contribution < -0.4 is 10.6 Å². The lowest BCUT2D eigenvalue weighted by Crippen LogP contribution is -2.29. The number of rotatable bonds is 5. The fourth-order valence-electron chi connectivity index (χ4n) is 1.85. The molecule has 1 aromatic rings. The standard InChI is InChI=1S/C12H19N3O/c1-9(13)12-5-4-11(8-14-12)15(6-7-16)10-2-3-10/h4-5,8-10,16H,2-3,6-7,13H2,1H3/t9-/m1/s1. The highest BCUT2D eigenvalue weighted by Gasteiger charge is 2.28. The molecule has 1 aliphatic rings. The van der Waals surface area contributed by atoms with E-state index in [0.29, 0.717) is 12.6 Å². The van der Waals surface area contributed by atoms with Gasteiger partial charge in [-0.1, -0.05) is 0 Å². The van der Waals surface area contributed by atoms with Gasteiger partial charge in [0.2, 0.25) is 0 Å². The molecule has 0 saturated heterocycles. The number of aromatic nitrogens is 1. The largest absolute Gasteiger partial charge is 0.395 e. The number of anilines is 1. The first-order chi connectivity index (χ1) is 7.72. The van der Waals surface area contributed by atoms with E-state index in [2.05, 4.69) is 9.88 Å². The summed E-state index contributed by atoms with van der Waals surface area (Å²) in [4.78, 5) is 6.56. The third-order valence-corrected chi connectivity index (χ3v) is 2.90. The van der Waals surface area contributed by atoms with Crippen LogP contribution in [0.1, 0.15) is 31.5 Å². The molecule has 1 aliphatic carbocycles. The minimum Gasteiger partial charge on any atom is -0.395 e. The van der Waals surface area contributed by atoms with Crippen LogP contribution in [0.25, 0.3) is 0 Å². The summed E-state index contributed by atoms with van der Waals surface area (Å²) in [5.41, 5.74) is 7.74. The van der Waals surface area contributed by atoms with Crippen LogP contribution in [0.2, 0.25) is 0 Å². The lowest BCUT2D eigenvalue weighted by atomic mass is 10.2. The number of aliphatic hydroxyl groups is 1. The van der Waals surface area contributed by atoms with Crippen molar-refractivity contribution in [1.29, 1.82) is 0 Å². The van der Waals surface area contributed by atoms with E-state index in [1.54, 1.807) is 0 Å². The molecule has 4 nitrogen and oxygen atoms in total. The van der Waals surface area contributed by atoms with Gasteiger partial charge in [0.1, 0.15) is 0 Å². The van der Waals surface area contributed by atoms with Crippen molar-refractivity contribution in [1.82, 2.24) is 4.98 Å². The highest BCUT2D eigenvalue weighted by Crippen LogP contribution is 2.31. The average molecular weight is 221 g/mol. The lowest BCUT2D eigenvalue weighted by Gasteiger charge is -2.23. The molecule has 0 bridgehead atoms. The molecule has 0 aliphatic heterocycles. The summed E-state index contributed by atoms with van der Waals surface area (Å²) in [5.74, 6) is 0. The van der Waals surface area contributed by atoms with Crippen molar-refractivity contribution in [2.24, 2.45) is 5.73 Å². The zero-order valence-corrected chi connectivity index (χ0v) is 9.63. The number of hydrogen-bond acceptors (Lipinski definition) is 4. The maximum atomic E-state index is 9.04. The van der Waals surface area contributed by atoms with Crippen molar-refractivity contribution in [2.45, 2.75) is 31.8 Å². The minimum atomic E-state index is -0.0266. The summed E-state index contributed by atoms with van der Waals surface area (Å²) in [6.07, 6.45) is 4.29. The van der Waals surface area contributed by atoms with Crippen LogP contribution >= 0.6 is 0 Å². The van der Waals surface area contributed by atoms with E-state index in [1.165, 1.54) is 12.8 Å². The summed E-state index contributed by atoms with van der Waals surface area (Å²) < 4.78 is 0. The number of aliphatic hydroxyl groups excluding tert-OH is 1. The van der Waals surface area contributed by atoms with Crippen LogP contribution in [-0.2, 0) is 0 Å². The van der Waals surface area contributed by atoms with Gasteiger partial charge in [-0.25, -0.2) is 0 Å². The van der Waals surface area contributed by atoms with E-state index in [9.17, 15) is 0 Å². The van der Waals surface area contributed by atoms with Crippen LogP contribution in [0.15, 0.2) is 18.3 Å². The first-order valence-electron chi connectivity index (χ1n) is 5.81. The molecule has 3 N–H and O–H groups in total. The molecule has 1 atom stereocenters. The molecule has 2 rings (SSSR count). The SMILES string of the molecule is C[C@@H](N)c1ccc(N(CCO)C2CC2)cn1. The van der Waals surface area contributed by atoms with Gasteiger partial charge in [-0.2, -0.15) is 0 Å². The number of hydrogen-bond donors (Lipinski definition) is 2. The Morgan fingerprint density at radius 3 is 2.75 bits per heavy atom. The van der Waals surface area contributed by atoms with Crippen molar-refractivity contribution in [3.8, 4) is 0 Å². The molecular weight excluding hydrogens is 202 g/mol. The predicted octanol–water partition coefficient (Wildman–Crippen LogP) is 1.06. The van der Waals surface area contributed by atoms with E-state index in [4.69, 9.17) is 10.8 Å². The van der Waals surface area contributed by atoms with Crippen LogP contribution in [0.5, 0.6) is 0 Å². The van der Waals surface area contributed by atoms with Gasteiger partial charge in [0.25, 0.3) is 0 Å². The normalized spacial score (nSPS) is 17.2. The molecule has 0 radical (unpaired) electrons. The molecule has 0 unspecified atom stereocenters. The molecule has 0 amide bonds. The van der Waals surface area contributed by atoms with Crippen LogP contribution in [0, 0.1) is 0 Å². The maximum Gasteiger partial charge on any atom is 0.0606 e. The summed E-state index contributed by atoms with van der Waals surface area (Å²) >= 11 is 0. The monoisotopic (exact) mass is 221 g/mol. The third-order valence-electron chi connectivity index (χ3n) is 2.90. The molecule has 4 heteroatoms. The molecule has 1 heterocycles. The van der Waals surface area contributed by atoms with Crippen LogP contribution in [0.3, 0.4) is 0 Å². The average Bonchev–Trinajstić information content (AvgIpc) is 3.10. The van der Waals surface area contributed by atoms with Gasteiger partial charge >= 0.3 is 0 Å². The Balaban J connectivity index is 2.11. The van der Waals surface area contributed by atoms with Gasteiger partial charge in [-0.15, -0.1) is 0 Å². The summed E-state index contributed by atoms with van der Waals surface area (Å²) in [6.45, 7) is 2.80. The van der Waals surface area contributed by atoms with Gasteiger partial charge in [-0.3, -0.25) is 4.98 Å². The first kappa shape index (κ1) is 11.4. The van der Waals surface area contributed by atoms with E-state index in [0.717, 1.165) is 11.4 Å². The van der Waals surface area contributed by atoms with Crippen molar-refractivity contribution < 1.29 is 5.11 Å². The van der Waals surface area contributed by atoms with Gasteiger partial charge in [0.05, 0.1) is 24.2 Å². The van der Waals surface area contributed by atoms with Crippen LogP contribution in [0.4, 0.5) is 5.69 Å². The Morgan fingerprint density at radius 1 is 1.56 bits per heavy atom. The second-order valence-corrected chi connectivity index (χ2v) is 4.38. The van der Waals surface area contributed by atoms with Crippen molar-refractivity contribution in [3.63, 3.8) is 0 Å². The Kier molecular flexibility index (Phi) is 3.41. The fourth-order valence-corrected chi connectivity index (χ4v) is 1.85. The molecular formula is C12H19N3O. The quantitative estimate of drug-likeness (QED) is 0.780. The molecule has 0 spiro atoms. The van der Waals surface area contributed by atoms with Crippen LogP contribution in [-0.4, -0.2) is 29.3 Å².